The van der Waals surface area contributed by atoms with Crippen molar-refractivity contribution in [2.45, 2.75) is 0 Å². The van der Waals surface area contributed by atoms with Crippen LogP contribution in [0.1, 0.15) is 5.56 Å². The Bertz CT molecular complexity index is 384. The number of cyclic esters (lactones) is 1. The van der Waals surface area contributed by atoms with Crippen LogP contribution < -0.4 is 4.90 Å². The number of hydrogen-bond donors (Lipinski definition) is 0. The SMILES string of the molecule is C=C1OC(=O)N(C)c2ccccc21. The first-order valence-corrected chi connectivity index (χ1v) is 3.94. The molecule has 0 saturated carbocycles. The summed E-state index contributed by atoms with van der Waals surface area (Å²) in [5.41, 5.74) is 1.70. The Hall–Kier alpha value is -1.77. The predicted octanol–water partition coefficient (Wildman–Crippen LogP) is 2.24. The second kappa shape index (κ2) is 2.62. The summed E-state index contributed by atoms with van der Waals surface area (Å²) in [5, 5.41) is 0. The Morgan fingerprint density at radius 2 is 2.08 bits per heavy atom. The maximum absolute atomic E-state index is 11.2. The van der Waals surface area contributed by atoms with Crippen LogP contribution in [0.4, 0.5) is 10.5 Å². The van der Waals surface area contributed by atoms with Crippen molar-refractivity contribution in [2.24, 2.45) is 0 Å². The van der Waals surface area contributed by atoms with Crippen LogP contribution in [0.3, 0.4) is 0 Å². The second-order valence-electron chi connectivity index (χ2n) is 2.87. The lowest BCUT2D eigenvalue weighted by molar-refractivity contribution is 0.199. The molecule has 1 aromatic rings. The highest BCUT2D eigenvalue weighted by Crippen LogP contribution is 2.31. The van der Waals surface area contributed by atoms with Crippen molar-refractivity contribution in [3.05, 3.63) is 36.4 Å². The molecule has 1 heterocycles. The molecule has 0 atom stereocenters. The Labute approximate surface area is 76.2 Å². The summed E-state index contributed by atoms with van der Waals surface area (Å²) in [6.07, 6.45) is -0.385. The number of amides is 1. The third-order valence-corrected chi connectivity index (χ3v) is 2.05. The van der Waals surface area contributed by atoms with Crippen molar-refractivity contribution < 1.29 is 9.53 Å². The molecule has 1 aromatic carbocycles. The first kappa shape index (κ1) is 7.86. The lowest BCUT2D eigenvalue weighted by atomic mass is 10.1. The summed E-state index contributed by atoms with van der Waals surface area (Å²) in [6, 6.07) is 7.50. The smallest absolute Gasteiger partial charge is 0.410 e. The number of benzene rings is 1. The van der Waals surface area contributed by atoms with Crippen molar-refractivity contribution in [3.8, 4) is 0 Å². The van der Waals surface area contributed by atoms with Gasteiger partial charge in [-0.3, -0.25) is 4.90 Å². The molecule has 0 radical (unpaired) electrons. The molecule has 1 amide bonds. The van der Waals surface area contributed by atoms with E-state index in [1.165, 1.54) is 4.90 Å². The van der Waals surface area contributed by atoms with Crippen molar-refractivity contribution in [2.75, 3.05) is 11.9 Å². The maximum atomic E-state index is 11.2. The monoisotopic (exact) mass is 175 g/mol. The fourth-order valence-electron chi connectivity index (χ4n) is 1.33. The van der Waals surface area contributed by atoms with Gasteiger partial charge >= 0.3 is 6.09 Å². The van der Waals surface area contributed by atoms with E-state index in [4.69, 9.17) is 4.74 Å². The van der Waals surface area contributed by atoms with Gasteiger partial charge in [-0.05, 0) is 12.1 Å². The summed E-state index contributed by atoms with van der Waals surface area (Å²) in [6.45, 7) is 3.67. The third kappa shape index (κ3) is 1.09. The lowest BCUT2D eigenvalue weighted by Crippen LogP contribution is -2.30. The van der Waals surface area contributed by atoms with Crippen molar-refractivity contribution >= 4 is 17.5 Å². The molecular weight excluding hydrogens is 166 g/mol. The number of rotatable bonds is 0. The van der Waals surface area contributed by atoms with E-state index in [-0.39, 0.29) is 6.09 Å². The molecule has 0 aliphatic carbocycles. The van der Waals surface area contributed by atoms with Gasteiger partial charge in [0.05, 0.1) is 5.69 Å². The summed E-state index contributed by atoms with van der Waals surface area (Å²) >= 11 is 0. The minimum Gasteiger partial charge on any atom is -0.410 e. The minimum absolute atomic E-state index is 0.385. The average molecular weight is 175 g/mol. The number of carbonyl (C=O) groups is 1. The van der Waals surface area contributed by atoms with Crippen LogP contribution in [0.15, 0.2) is 30.8 Å². The topological polar surface area (TPSA) is 29.5 Å². The van der Waals surface area contributed by atoms with Gasteiger partial charge in [0.25, 0.3) is 0 Å². The zero-order chi connectivity index (χ0) is 9.42. The van der Waals surface area contributed by atoms with Gasteiger partial charge in [-0.25, -0.2) is 4.79 Å². The number of anilines is 1. The number of hydrogen-bond acceptors (Lipinski definition) is 2. The summed E-state index contributed by atoms with van der Waals surface area (Å²) in [4.78, 5) is 12.7. The summed E-state index contributed by atoms with van der Waals surface area (Å²) < 4.78 is 4.92. The first-order chi connectivity index (χ1) is 6.20. The summed E-state index contributed by atoms with van der Waals surface area (Å²) in [7, 11) is 1.67. The van der Waals surface area contributed by atoms with E-state index in [9.17, 15) is 4.79 Å². The third-order valence-electron chi connectivity index (χ3n) is 2.05. The molecule has 1 aliphatic heterocycles. The van der Waals surface area contributed by atoms with Crippen LogP contribution >= 0.6 is 0 Å². The van der Waals surface area contributed by atoms with E-state index in [1.54, 1.807) is 7.05 Å². The quantitative estimate of drug-likeness (QED) is 0.605. The standard InChI is InChI=1S/C10H9NO2/c1-7-8-5-3-4-6-9(8)11(2)10(12)13-7/h3-6H,1H2,2H3. The van der Waals surface area contributed by atoms with E-state index in [1.807, 2.05) is 24.3 Å². The lowest BCUT2D eigenvalue weighted by Gasteiger charge is -2.26. The fourth-order valence-corrected chi connectivity index (χ4v) is 1.33. The van der Waals surface area contributed by atoms with Crippen LogP contribution in [0.25, 0.3) is 5.76 Å². The normalized spacial score (nSPS) is 15.3. The zero-order valence-corrected chi connectivity index (χ0v) is 7.28. The maximum Gasteiger partial charge on any atom is 0.419 e. The molecule has 0 unspecified atom stereocenters. The molecule has 0 aromatic heterocycles. The highest BCUT2D eigenvalue weighted by molar-refractivity contribution is 5.97. The molecule has 0 fully saturated rings. The zero-order valence-electron chi connectivity index (χ0n) is 7.28. The molecule has 66 valence electrons. The first-order valence-electron chi connectivity index (χ1n) is 3.94. The largest absolute Gasteiger partial charge is 0.419 e. The van der Waals surface area contributed by atoms with Gasteiger partial charge in [-0.15, -0.1) is 0 Å². The Morgan fingerprint density at radius 3 is 2.85 bits per heavy atom. The number of fused-ring (bicyclic) bond motifs is 1. The van der Waals surface area contributed by atoms with Gasteiger partial charge in [0, 0.05) is 12.6 Å². The van der Waals surface area contributed by atoms with Gasteiger partial charge in [-0.1, -0.05) is 18.7 Å². The van der Waals surface area contributed by atoms with E-state index in [2.05, 4.69) is 6.58 Å². The van der Waals surface area contributed by atoms with E-state index in [0.717, 1.165) is 11.3 Å². The van der Waals surface area contributed by atoms with Crippen LogP contribution in [0, 0.1) is 0 Å². The van der Waals surface area contributed by atoms with Crippen molar-refractivity contribution in [1.29, 1.82) is 0 Å². The Kier molecular flexibility index (Phi) is 1.59. The number of ether oxygens (including phenoxy) is 1. The van der Waals surface area contributed by atoms with Gasteiger partial charge in [-0.2, -0.15) is 0 Å². The van der Waals surface area contributed by atoms with E-state index in [0.29, 0.717) is 5.76 Å². The van der Waals surface area contributed by atoms with E-state index < -0.39 is 0 Å². The second-order valence-corrected chi connectivity index (χ2v) is 2.87. The molecular formula is C10H9NO2. The van der Waals surface area contributed by atoms with E-state index >= 15 is 0 Å². The molecule has 0 N–H and O–H groups in total. The molecule has 2 rings (SSSR count). The molecule has 0 saturated heterocycles. The van der Waals surface area contributed by atoms with Gasteiger partial charge in [0.15, 0.2) is 0 Å². The van der Waals surface area contributed by atoms with Crippen LogP contribution in [-0.2, 0) is 4.74 Å². The summed E-state index contributed by atoms with van der Waals surface area (Å²) in [5.74, 6) is 0.415. The molecule has 3 nitrogen and oxygen atoms in total. The van der Waals surface area contributed by atoms with Crippen LogP contribution in [-0.4, -0.2) is 13.1 Å². The fraction of sp³-hybridized carbons (Fsp3) is 0.100. The van der Waals surface area contributed by atoms with Crippen molar-refractivity contribution in [3.63, 3.8) is 0 Å². The van der Waals surface area contributed by atoms with Crippen LogP contribution in [0.5, 0.6) is 0 Å². The van der Waals surface area contributed by atoms with Crippen LogP contribution in [0.2, 0.25) is 0 Å². The van der Waals surface area contributed by atoms with Crippen molar-refractivity contribution in [1.82, 2.24) is 0 Å². The molecule has 0 bridgehead atoms. The Balaban J connectivity index is 2.60. The predicted molar refractivity (Wildman–Crippen MR) is 50.4 cm³/mol. The highest BCUT2D eigenvalue weighted by Gasteiger charge is 2.24. The Morgan fingerprint density at radius 1 is 1.38 bits per heavy atom. The molecule has 13 heavy (non-hydrogen) atoms. The molecule has 3 heteroatoms. The highest BCUT2D eigenvalue weighted by atomic mass is 16.6. The number of carbonyl (C=O) groups excluding carboxylic acids is 1. The van der Waals surface area contributed by atoms with Gasteiger partial charge < -0.3 is 4.74 Å². The van der Waals surface area contributed by atoms with Gasteiger partial charge in [0.2, 0.25) is 0 Å². The number of para-hydroxylation sites is 1. The molecule has 1 aliphatic rings. The minimum atomic E-state index is -0.385. The average Bonchev–Trinajstić information content (AvgIpc) is 2.15. The number of nitrogens with zero attached hydrogens (tertiary/aromatic N) is 1. The van der Waals surface area contributed by atoms with Gasteiger partial charge in [0.1, 0.15) is 5.76 Å². The molecule has 0 spiro atoms.